The van der Waals surface area contributed by atoms with Gasteiger partial charge in [0.1, 0.15) is 11.5 Å². The highest BCUT2D eigenvalue weighted by molar-refractivity contribution is 5.69. The van der Waals surface area contributed by atoms with Gasteiger partial charge in [0.15, 0.2) is 18.0 Å². The van der Waals surface area contributed by atoms with Crippen LogP contribution in [-0.2, 0) is 0 Å². The van der Waals surface area contributed by atoms with Crippen LogP contribution in [0.3, 0.4) is 0 Å². The maximum absolute atomic E-state index is 12.4. The van der Waals surface area contributed by atoms with E-state index in [0.717, 1.165) is 37.4 Å². The van der Waals surface area contributed by atoms with Crippen molar-refractivity contribution in [1.82, 2.24) is 24.8 Å². The average Bonchev–Trinajstić information content (AvgIpc) is 3.29. The number of fused-ring (bicyclic) bond motifs is 1. The lowest BCUT2D eigenvalue weighted by molar-refractivity contribution is -0.154. The molecule has 3 aromatic rings. The Morgan fingerprint density at radius 2 is 2.07 bits per heavy atom. The summed E-state index contributed by atoms with van der Waals surface area (Å²) < 4.78 is 49.3. The molecule has 10 heteroatoms. The average molecular weight is 407 g/mol. The minimum atomic E-state index is -4.44. The topological polar surface area (TPSA) is 67.8 Å². The van der Waals surface area contributed by atoms with Crippen molar-refractivity contribution in [3.8, 4) is 17.3 Å². The van der Waals surface area contributed by atoms with Crippen LogP contribution in [0.5, 0.6) is 5.88 Å². The third-order valence-electron chi connectivity index (χ3n) is 4.70. The fourth-order valence-electron chi connectivity index (χ4n) is 3.26. The van der Waals surface area contributed by atoms with Gasteiger partial charge in [-0.15, -0.1) is 5.10 Å². The summed E-state index contributed by atoms with van der Waals surface area (Å²) in [4.78, 5) is 6.43. The molecule has 7 nitrogen and oxygen atoms in total. The van der Waals surface area contributed by atoms with Gasteiger partial charge in [0.2, 0.25) is 5.88 Å². The Morgan fingerprint density at radius 3 is 2.79 bits per heavy atom. The first-order valence-corrected chi connectivity index (χ1v) is 9.12. The van der Waals surface area contributed by atoms with Crippen molar-refractivity contribution in [3.63, 3.8) is 0 Å². The number of piperazine rings is 1. The van der Waals surface area contributed by atoms with Crippen LogP contribution < -0.4 is 10.1 Å². The zero-order valence-electron chi connectivity index (χ0n) is 15.8. The highest BCUT2D eigenvalue weighted by atomic mass is 19.4. The molecule has 0 aliphatic carbocycles. The first-order valence-electron chi connectivity index (χ1n) is 9.12. The van der Waals surface area contributed by atoms with Crippen LogP contribution in [0, 0.1) is 6.92 Å². The van der Waals surface area contributed by atoms with Crippen LogP contribution in [-0.4, -0.2) is 58.5 Å². The minimum absolute atomic E-state index is 0.150. The molecule has 1 saturated heterocycles. The van der Waals surface area contributed by atoms with E-state index < -0.39 is 12.8 Å². The van der Waals surface area contributed by atoms with Gasteiger partial charge in [-0.25, -0.2) is 9.50 Å². The van der Waals surface area contributed by atoms with Crippen LogP contribution in [0.1, 0.15) is 11.3 Å². The number of nitrogens with one attached hydrogen (secondary N) is 1. The molecule has 0 aromatic carbocycles. The number of hydrogen-bond donors (Lipinski definition) is 1. The molecular formula is C19H20F3N5O2. The fraction of sp³-hybridized carbons (Fsp3) is 0.368. The third-order valence-corrected chi connectivity index (χ3v) is 4.70. The Balaban J connectivity index is 1.63. The number of imidazole rings is 1. The lowest BCUT2D eigenvalue weighted by Gasteiger charge is -2.30. The molecule has 1 N–H and O–H groups in total. The van der Waals surface area contributed by atoms with Gasteiger partial charge >= 0.3 is 6.18 Å². The summed E-state index contributed by atoms with van der Waals surface area (Å²) in [6, 6.07) is 4.75. The molecule has 4 heterocycles. The lowest BCUT2D eigenvalue weighted by atomic mass is 10.1. The summed E-state index contributed by atoms with van der Waals surface area (Å²) in [6.45, 7) is 8.13. The van der Waals surface area contributed by atoms with Gasteiger partial charge in [-0.05, 0) is 19.1 Å². The van der Waals surface area contributed by atoms with E-state index in [-0.39, 0.29) is 5.88 Å². The number of furan rings is 1. The molecular weight excluding hydrogens is 387 g/mol. The first-order chi connectivity index (χ1) is 13.8. The molecule has 0 amide bonds. The van der Waals surface area contributed by atoms with E-state index in [9.17, 15) is 13.2 Å². The van der Waals surface area contributed by atoms with Gasteiger partial charge in [0.25, 0.3) is 0 Å². The molecule has 154 valence electrons. The largest absolute Gasteiger partial charge is 0.467 e. The number of ether oxygens (including phenoxy) is 1. The molecule has 4 rings (SSSR count). The second-order valence-electron chi connectivity index (χ2n) is 6.75. The lowest BCUT2D eigenvalue weighted by Crippen LogP contribution is -2.42. The van der Waals surface area contributed by atoms with Crippen molar-refractivity contribution in [2.75, 3.05) is 32.8 Å². The molecule has 1 aliphatic heterocycles. The molecule has 29 heavy (non-hydrogen) atoms. The summed E-state index contributed by atoms with van der Waals surface area (Å²) in [5.74, 6) is 1.05. The van der Waals surface area contributed by atoms with Crippen LogP contribution in [0.4, 0.5) is 13.2 Å². The molecule has 0 atom stereocenters. The van der Waals surface area contributed by atoms with Crippen LogP contribution in [0.15, 0.2) is 35.4 Å². The summed E-state index contributed by atoms with van der Waals surface area (Å²) in [6.07, 6.45) is -2.88. The highest BCUT2D eigenvalue weighted by Gasteiger charge is 2.29. The second-order valence-corrected chi connectivity index (χ2v) is 6.75. The number of rotatable bonds is 5. The number of hydrogen-bond acceptors (Lipinski definition) is 6. The van der Waals surface area contributed by atoms with E-state index >= 15 is 0 Å². The summed E-state index contributed by atoms with van der Waals surface area (Å²) in [5, 5.41) is 7.42. The maximum atomic E-state index is 12.4. The molecule has 0 saturated carbocycles. The van der Waals surface area contributed by atoms with Crippen LogP contribution >= 0.6 is 0 Å². The van der Waals surface area contributed by atoms with Gasteiger partial charge in [0, 0.05) is 43.5 Å². The zero-order chi connectivity index (χ0) is 20.6. The van der Waals surface area contributed by atoms with E-state index in [0.29, 0.717) is 22.9 Å². The van der Waals surface area contributed by atoms with E-state index in [1.807, 2.05) is 13.0 Å². The Labute approximate surface area is 164 Å². The quantitative estimate of drug-likeness (QED) is 0.701. The van der Waals surface area contributed by atoms with E-state index in [4.69, 9.17) is 9.15 Å². The van der Waals surface area contributed by atoms with Crippen molar-refractivity contribution in [3.05, 3.63) is 42.3 Å². The summed E-state index contributed by atoms with van der Waals surface area (Å²) in [7, 11) is 0. The van der Waals surface area contributed by atoms with E-state index in [1.165, 1.54) is 10.6 Å². The number of nitrogens with zero attached hydrogens (tertiary/aromatic N) is 4. The Bertz CT molecular complexity index is 1030. The molecule has 0 bridgehead atoms. The van der Waals surface area contributed by atoms with Crippen molar-refractivity contribution in [2.45, 2.75) is 13.1 Å². The van der Waals surface area contributed by atoms with Gasteiger partial charge in [-0.3, -0.25) is 0 Å². The first kappa shape index (κ1) is 19.3. The molecule has 0 spiro atoms. The zero-order valence-corrected chi connectivity index (χ0v) is 15.8. The van der Waals surface area contributed by atoms with Gasteiger partial charge in [-0.2, -0.15) is 13.2 Å². The second kappa shape index (κ2) is 7.43. The van der Waals surface area contributed by atoms with Crippen LogP contribution in [0.2, 0.25) is 0 Å². The van der Waals surface area contributed by atoms with Gasteiger partial charge < -0.3 is 19.4 Å². The van der Waals surface area contributed by atoms with Crippen molar-refractivity contribution in [2.24, 2.45) is 0 Å². The molecule has 1 aliphatic rings. The van der Waals surface area contributed by atoms with Crippen molar-refractivity contribution in [1.29, 1.82) is 0 Å². The molecule has 1 fully saturated rings. The van der Waals surface area contributed by atoms with Crippen molar-refractivity contribution >= 4 is 11.3 Å². The smallest absolute Gasteiger partial charge is 0.422 e. The number of aromatic nitrogens is 3. The third kappa shape index (κ3) is 4.07. The predicted octanol–water partition coefficient (Wildman–Crippen LogP) is 3.11. The normalized spacial score (nSPS) is 15.1. The number of halogens is 3. The monoisotopic (exact) mass is 407 g/mol. The minimum Gasteiger partial charge on any atom is -0.467 e. The fourth-order valence-corrected chi connectivity index (χ4v) is 3.26. The van der Waals surface area contributed by atoms with Crippen molar-refractivity contribution < 1.29 is 22.3 Å². The summed E-state index contributed by atoms with van der Waals surface area (Å²) >= 11 is 0. The highest BCUT2D eigenvalue weighted by Crippen LogP contribution is 2.31. The standard InChI is InChI=1S/C19H20F3N5O2/c1-12(26-7-5-23-6-8-26)14-9-16(29-13(14)2)15-10-24-17-3-4-18(25-27(15)17)28-11-19(20,21)22/h3-4,9-10,23H,1,5-8,11H2,2H3. The maximum Gasteiger partial charge on any atom is 0.422 e. The summed E-state index contributed by atoms with van der Waals surface area (Å²) in [5.41, 5.74) is 2.73. The predicted molar refractivity (Wildman–Crippen MR) is 100 cm³/mol. The Hall–Kier alpha value is -3.01. The number of aryl methyl sites for hydroxylation is 1. The van der Waals surface area contributed by atoms with Gasteiger partial charge in [-0.1, -0.05) is 6.58 Å². The van der Waals surface area contributed by atoms with E-state index in [1.54, 1.807) is 12.3 Å². The van der Waals surface area contributed by atoms with Gasteiger partial charge in [0.05, 0.1) is 6.20 Å². The van der Waals surface area contributed by atoms with E-state index in [2.05, 4.69) is 26.9 Å². The molecule has 0 radical (unpaired) electrons. The molecule has 3 aromatic heterocycles. The number of alkyl halides is 3. The Kier molecular flexibility index (Phi) is 4.95. The van der Waals surface area contributed by atoms with Crippen LogP contribution in [0.25, 0.3) is 22.8 Å². The Morgan fingerprint density at radius 1 is 1.31 bits per heavy atom. The molecule has 0 unspecified atom stereocenters. The SMILES string of the molecule is C=C(c1cc(-c2cnc3ccc(OCC(F)(F)F)nn23)oc1C)N1CCNCC1.